The van der Waals surface area contributed by atoms with Gasteiger partial charge in [-0.25, -0.2) is 0 Å². The number of nitrogens with zero attached hydrogens (tertiary/aromatic N) is 1. The van der Waals surface area contributed by atoms with E-state index in [0.29, 0.717) is 35.4 Å². The van der Waals surface area contributed by atoms with Crippen LogP contribution in [-0.4, -0.2) is 37.3 Å². The van der Waals surface area contributed by atoms with E-state index in [1.807, 2.05) is 0 Å². The summed E-state index contributed by atoms with van der Waals surface area (Å²) in [4.78, 5) is 4.69. The van der Waals surface area contributed by atoms with Crippen LogP contribution in [0.4, 0.5) is 0 Å². The van der Waals surface area contributed by atoms with Gasteiger partial charge >= 0.3 is 0 Å². The fourth-order valence-corrected chi connectivity index (χ4v) is 4.72. The van der Waals surface area contributed by atoms with Crippen LogP contribution in [0.15, 0.2) is 4.99 Å². The molecule has 1 aliphatic heterocycles. The Balaban J connectivity index is 1.70. The Hall–Kier alpha value is -0.770. The van der Waals surface area contributed by atoms with E-state index in [4.69, 9.17) is 9.73 Å². The van der Waals surface area contributed by atoms with E-state index in [0.717, 1.165) is 19.1 Å². The first-order valence-electron chi connectivity index (χ1n) is 9.27. The molecule has 4 unspecified atom stereocenters. The summed E-state index contributed by atoms with van der Waals surface area (Å²) in [5, 5.41) is 7.40. The molecule has 2 aliphatic carbocycles. The molecule has 0 aromatic rings. The summed E-state index contributed by atoms with van der Waals surface area (Å²) in [7, 11) is 0. The van der Waals surface area contributed by atoms with Crippen molar-refractivity contribution in [3.63, 3.8) is 0 Å². The van der Waals surface area contributed by atoms with Crippen molar-refractivity contribution in [2.45, 2.75) is 78.0 Å². The Morgan fingerprint density at radius 2 is 2.00 bits per heavy atom. The number of ether oxygens (including phenoxy) is 1. The van der Waals surface area contributed by atoms with E-state index in [-0.39, 0.29) is 0 Å². The van der Waals surface area contributed by atoms with Gasteiger partial charge in [0.05, 0.1) is 6.10 Å². The van der Waals surface area contributed by atoms with E-state index >= 15 is 0 Å². The molecule has 1 saturated heterocycles. The minimum atomic E-state index is 0.387. The standard InChI is InChI=1S/C18H33N3O/c1-5-19-17(20-13(4)12(2)3)21-15-14-8-11-22-16(14)18(15)9-6-7-10-18/h12-16H,5-11H2,1-4H3,(H2,19,20,21). The summed E-state index contributed by atoms with van der Waals surface area (Å²) in [6.07, 6.45) is 7.10. The Morgan fingerprint density at radius 3 is 2.64 bits per heavy atom. The van der Waals surface area contributed by atoms with E-state index < -0.39 is 0 Å². The molecule has 1 spiro atoms. The van der Waals surface area contributed by atoms with E-state index in [9.17, 15) is 0 Å². The summed E-state index contributed by atoms with van der Waals surface area (Å²) >= 11 is 0. The number of guanidine groups is 1. The third-order valence-electron chi connectivity index (χ3n) is 6.26. The van der Waals surface area contributed by atoms with Crippen LogP contribution in [-0.2, 0) is 4.74 Å². The lowest BCUT2D eigenvalue weighted by Gasteiger charge is -2.57. The van der Waals surface area contributed by atoms with Gasteiger partial charge in [0.15, 0.2) is 5.96 Å². The Bertz CT molecular complexity index is 415. The second-order valence-corrected chi connectivity index (χ2v) is 7.81. The molecule has 0 aromatic heterocycles. The first-order valence-corrected chi connectivity index (χ1v) is 9.27. The van der Waals surface area contributed by atoms with Crippen molar-refractivity contribution in [1.29, 1.82) is 0 Å². The molecule has 2 N–H and O–H groups in total. The van der Waals surface area contributed by atoms with Gasteiger partial charge in [-0.3, -0.25) is 4.99 Å². The Morgan fingerprint density at radius 1 is 1.27 bits per heavy atom. The average molecular weight is 307 g/mol. The maximum absolute atomic E-state index is 6.08. The predicted molar refractivity (Wildman–Crippen MR) is 91.1 cm³/mol. The van der Waals surface area contributed by atoms with Gasteiger partial charge in [0.1, 0.15) is 0 Å². The van der Waals surface area contributed by atoms with Crippen LogP contribution in [0.25, 0.3) is 0 Å². The maximum Gasteiger partial charge on any atom is 0.191 e. The number of rotatable bonds is 4. The molecule has 0 bridgehead atoms. The number of fused-ring (bicyclic) bond motifs is 2. The van der Waals surface area contributed by atoms with Gasteiger partial charge in [0, 0.05) is 36.6 Å². The molecule has 2 saturated carbocycles. The van der Waals surface area contributed by atoms with E-state index in [1.54, 1.807) is 0 Å². The Labute approximate surface area is 135 Å². The van der Waals surface area contributed by atoms with Crippen molar-refractivity contribution < 1.29 is 4.74 Å². The molecule has 126 valence electrons. The lowest BCUT2D eigenvalue weighted by atomic mass is 9.54. The van der Waals surface area contributed by atoms with Crippen molar-refractivity contribution in [3.05, 3.63) is 0 Å². The number of hydrogen-bond acceptors (Lipinski definition) is 2. The first kappa shape index (κ1) is 16.1. The zero-order valence-corrected chi connectivity index (χ0v) is 14.7. The topological polar surface area (TPSA) is 45.7 Å². The third kappa shape index (κ3) is 2.64. The highest BCUT2D eigenvalue weighted by Gasteiger charge is 2.65. The lowest BCUT2D eigenvalue weighted by Crippen LogP contribution is -2.69. The van der Waals surface area contributed by atoms with Crippen LogP contribution in [0, 0.1) is 17.3 Å². The van der Waals surface area contributed by atoms with Crippen LogP contribution in [0.5, 0.6) is 0 Å². The van der Waals surface area contributed by atoms with Gasteiger partial charge in [-0.15, -0.1) is 0 Å². The van der Waals surface area contributed by atoms with Crippen LogP contribution in [0.2, 0.25) is 0 Å². The fourth-order valence-electron chi connectivity index (χ4n) is 4.72. The molecule has 0 amide bonds. The van der Waals surface area contributed by atoms with Gasteiger partial charge < -0.3 is 15.4 Å². The van der Waals surface area contributed by atoms with Gasteiger partial charge in [-0.1, -0.05) is 26.7 Å². The quantitative estimate of drug-likeness (QED) is 0.620. The second kappa shape index (κ2) is 6.38. The molecule has 3 aliphatic rings. The average Bonchev–Trinajstić information content (AvgIpc) is 3.12. The van der Waals surface area contributed by atoms with E-state index in [2.05, 4.69) is 38.3 Å². The minimum Gasteiger partial charge on any atom is -0.377 e. The van der Waals surface area contributed by atoms with Crippen molar-refractivity contribution in [2.75, 3.05) is 13.2 Å². The zero-order valence-electron chi connectivity index (χ0n) is 14.7. The largest absolute Gasteiger partial charge is 0.377 e. The van der Waals surface area contributed by atoms with Gasteiger partial charge in [0.2, 0.25) is 0 Å². The summed E-state index contributed by atoms with van der Waals surface area (Å²) in [5.74, 6) is 2.30. The highest BCUT2D eigenvalue weighted by Crippen LogP contribution is 2.60. The molecule has 1 heterocycles. The van der Waals surface area contributed by atoms with Crippen LogP contribution in [0.3, 0.4) is 0 Å². The van der Waals surface area contributed by atoms with Crippen molar-refractivity contribution in [2.24, 2.45) is 22.2 Å². The summed E-state index contributed by atoms with van der Waals surface area (Å²) < 4.78 is 6.08. The van der Waals surface area contributed by atoms with Crippen molar-refractivity contribution in [1.82, 2.24) is 10.6 Å². The summed E-state index contributed by atoms with van der Waals surface area (Å²) in [6.45, 7) is 10.6. The van der Waals surface area contributed by atoms with Gasteiger partial charge in [-0.2, -0.15) is 0 Å². The molecule has 22 heavy (non-hydrogen) atoms. The second-order valence-electron chi connectivity index (χ2n) is 7.81. The zero-order chi connectivity index (χ0) is 15.7. The van der Waals surface area contributed by atoms with Crippen molar-refractivity contribution >= 4 is 5.96 Å². The molecule has 0 aromatic carbocycles. The van der Waals surface area contributed by atoms with Gasteiger partial charge in [0.25, 0.3) is 0 Å². The monoisotopic (exact) mass is 307 g/mol. The number of nitrogens with one attached hydrogen (secondary N) is 2. The first-order chi connectivity index (χ1) is 10.6. The summed E-state index contributed by atoms with van der Waals surface area (Å²) in [5.41, 5.74) is 0.387. The van der Waals surface area contributed by atoms with Crippen molar-refractivity contribution in [3.8, 4) is 0 Å². The predicted octanol–water partition coefficient (Wildman–Crippen LogP) is 2.93. The highest BCUT2D eigenvalue weighted by atomic mass is 16.5. The molecule has 3 rings (SSSR count). The smallest absolute Gasteiger partial charge is 0.191 e. The highest BCUT2D eigenvalue weighted by molar-refractivity contribution is 5.80. The van der Waals surface area contributed by atoms with Gasteiger partial charge in [-0.05, 0) is 39.0 Å². The Kier molecular flexibility index (Phi) is 4.67. The molecule has 3 fully saturated rings. The summed E-state index contributed by atoms with van der Waals surface area (Å²) in [6, 6.07) is 0.993. The van der Waals surface area contributed by atoms with Crippen LogP contribution in [0.1, 0.15) is 59.8 Å². The number of aliphatic imine (C=N–C) groups is 1. The maximum atomic E-state index is 6.08. The molecule has 4 atom stereocenters. The minimum absolute atomic E-state index is 0.387. The normalized spacial score (nSPS) is 34.6. The molecule has 4 nitrogen and oxygen atoms in total. The van der Waals surface area contributed by atoms with Crippen LogP contribution >= 0.6 is 0 Å². The molecule has 0 radical (unpaired) electrons. The third-order valence-corrected chi connectivity index (χ3v) is 6.26. The fraction of sp³-hybridized carbons (Fsp3) is 0.944. The van der Waals surface area contributed by atoms with Crippen LogP contribution < -0.4 is 10.6 Å². The number of hydrogen-bond donors (Lipinski definition) is 2. The molecular weight excluding hydrogens is 274 g/mol. The lowest BCUT2D eigenvalue weighted by molar-refractivity contribution is -0.125. The molecule has 4 heteroatoms. The molecular formula is C18H33N3O. The SMILES string of the molecule is CCN=C(NC(C)C(C)C)NC1C2CCOC2C12CCCC2. The van der Waals surface area contributed by atoms with E-state index in [1.165, 1.54) is 32.1 Å².